The van der Waals surface area contributed by atoms with Crippen molar-refractivity contribution in [3.05, 3.63) is 23.6 Å². The Hall–Kier alpha value is -0.197. The number of allylic oxidation sites excluding steroid dienone is 2. The number of carbonyl (C=O) groups is 1. The van der Waals surface area contributed by atoms with Crippen LogP contribution in [0.3, 0.4) is 0 Å². The molecule has 0 saturated heterocycles. The summed E-state index contributed by atoms with van der Waals surface area (Å²) in [5.41, 5.74) is 2.17. The summed E-state index contributed by atoms with van der Waals surface area (Å²) in [5, 5.41) is 0. The maximum Gasteiger partial charge on any atom is 0.276 e. The van der Waals surface area contributed by atoms with Crippen molar-refractivity contribution in [2.75, 3.05) is 0 Å². The minimum absolute atomic E-state index is 0. The molecule has 1 radical (unpaired) electrons. The van der Waals surface area contributed by atoms with Gasteiger partial charge in [0.05, 0.1) is 0 Å². The zero-order valence-corrected chi connectivity index (χ0v) is 6.70. The molecule has 51 valence electrons. The van der Waals surface area contributed by atoms with Crippen molar-refractivity contribution in [3.63, 3.8) is 0 Å². The Labute approximate surface area is 64.4 Å². The zero-order valence-electron chi connectivity index (χ0n) is 4.51. The Kier molecular flexibility index (Phi) is 3.68. The molecule has 0 unspecified atom stereocenters. The van der Waals surface area contributed by atoms with Gasteiger partial charge in [-0.1, -0.05) is 23.6 Å². The van der Waals surface area contributed by atoms with Crippen molar-refractivity contribution in [2.45, 2.75) is 0 Å². The van der Waals surface area contributed by atoms with Gasteiger partial charge in [0.1, 0.15) is 0 Å². The van der Waals surface area contributed by atoms with Crippen molar-refractivity contribution in [2.24, 2.45) is 0 Å². The average Bonchev–Trinajstić information content (AvgIpc) is 2.12. The van der Waals surface area contributed by atoms with E-state index in [0.29, 0.717) is 0 Å². The molecule has 4 heteroatoms. The summed E-state index contributed by atoms with van der Waals surface area (Å²) in [6.07, 6.45) is 3.43. The second-order valence-electron chi connectivity index (χ2n) is 1.60. The van der Waals surface area contributed by atoms with E-state index in [9.17, 15) is 9.18 Å². The topological polar surface area (TPSA) is 17.1 Å². The molecule has 0 aliphatic carbocycles. The number of hydrogen-bond donors (Lipinski definition) is 0. The van der Waals surface area contributed by atoms with Crippen LogP contribution in [-0.4, -0.2) is 14.5 Å². The van der Waals surface area contributed by atoms with E-state index < -0.39 is 14.5 Å². The van der Waals surface area contributed by atoms with Gasteiger partial charge in [0.25, 0.3) is 5.66 Å². The van der Waals surface area contributed by atoms with Gasteiger partial charge in [-0.3, -0.25) is 4.79 Å². The van der Waals surface area contributed by atoms with Crippen LogP contribution in [0.1, 0.15) is 0 Å². The fraction of sp³-hybridized carbons (Fsp3) is 0. The van der Waals surface area contributed by atoms with Crippen LogP contribution in [0.15, 0.2) is 23.6 Å². The third-order valence-corrected chi connectivity index (χ3v) is 2.81. The van der Waals surface area contributed by atoms with E-state index in [1.54, 1.807) is 23.6 Å². The van der Waals surface area contributed by atoms with Crippen molar-refractivity contribution in [1.29, 1.82) is 0 Å². The third-order valence-electron chi connectivity index (χ3n) is 1.01. The molecule has 1 aliphatic rings. The summed E-state index contributed by atoms with van der Waals surface area (Å²) in [7, 11) is -1.82. The normalized spacial score (nSPS) is 15.7. The first-order chi connectivity index (χ1) is 3.80. The van der Waals surface area contributed by atoms with E-state index in [2.05, 4.69) is 0 Å². The van der Waals surface area contributed by atoms with Gasteiger partial charge in [-0.15, -0.1) is 0 Å². The van der Waals surface area contributed by atoms with Crippen molar-refractivity contribution < 1.29 is 26.0 Å². The molecule has 0 atom stereocenters. The van der Waals surface area contributed by atoms with Crippen LogP contribution < -0.4 is 0 Å². The average molecular weight is 187 g/mol. The molecular formula is C5H5CoFOSi. The van der Waals surface area contributed by atoms with Gasteiger partial charge in [0, 0.05) is 16.8 Å². The predicted octanol–water partition coefficient (Wildman–Crippen LogP) is 1.09. The monoisotopic (exact) mass is 187 g/mol. The van der Waals surface area contributed by atoms with Crippen LogP contribution >= 0.6 is 0 Å². The van der Waals surface area contributed by atoms with Gasteiger partial charge in [-0.25, -0.2) is 0 Å². The molecule has 1 heterocycles. The summed E-state index contributed by atoms with van der Waals surface area (Å²) < 4.78 is 11.7. The third kappa shape index (κ3) is 2.25. The van der Waals surface area contributed by atoms with E-state index in [1.807, 2.05) is 0 Å². The second kappa shape index (κ2) is 3.76. The number of hydrogen-bond acceptors (Lipinski definition) is 1. The zero-order chi connectivity index (χ0) is 5.98. The maximum atomic E-state index is 11.7. The van der Waals surface area contributed by atoms with Gasteiger partial charge >= 0.3 is 0 Å². The van der Waals surface area contributed by atoms with E-state index in [4.69, 9.17) is 0 Å². The van der Waals surface area contributed by atoms with Crippen LogP contribution in [0.25, 0.3) is 0 Å². The summed E-state index contributed by atoms with van der Waals surface area (Å²) in [5.74, 6) is 0. The molecule has 9 heavy (non-hydrogen) atoms. The number of carbonyl (C=O) groups excluding carboxylic acids is 1. The molecule has 0 fully saturated rings. The molecule has 1 nitrogen and oxygen atoms in total. The summed E-state index contributed by atoms with van der Waals surface area (Å²) in [4.78, 5) is 9.94. The van der Waals surface area contributed by atoms with Gasteiger partial charge in [0.15, 0.2) is 0 Å². The van der Waals surface area contributed by atoms with E-state index in [0.717, 1.165) is 0 Å². The molecule has 0 aromatic heterocycles. The second-order valence-corrected chi connectivity index (χ2v) is 3.87. The Morgan fingerprint density at radius 3 is 2.00 bits per heavy atom. The molecule has 0 aromatic carbocycles. The van der Waals surface area contributed by atoms with Gasteiger partial charge in [0.2, 0.25) is 8.80 Å². The summed E-state index contributed by atoms with van der Waals surface area (Å²) in [6.45, 7) is 0. The molecule has 0 bridgehead atoms. The molecule has 1 rings (SSSR count). The molecule has 0 amide bonds. The maximum absolute atomic E-state index is 11.7. The van der Waals surface area contributed by atoms with Crippen molar-refractivity contribution in [3.8, 4) is 0 Å². The van der Waals surface area contributed by atoms with Gasteiger partial charge in [-0.05, 0) is 0 Å². The fourth-order valence-electron chi connectivity index (χ4n) is 0.583. The summed E-state index contributed by atoms with van der Waals surface area (Å²) in [6, 6.07) is 0. The molecule has 1 aliphatic heterocycles. The molecule has 0 aromatic rings. The SMILES string of the molecule is O=C(F)[SiH]1C=CC=C1.[Co]. The van der Waals surface area contributed by atoms with Gasteiger partial charge in [-0.2, -0.15) is 4.39 Å². The molecular weight excluding hydrogens is 182 g/mol. The van der Waals surface area contributed by atoms with Gasteiger partial charge < -0.3 is 0 Å². The standard InChI is InChI=1S/C5H5FOSi.Co/c6-5(7)8-3-1-2-4-8;/h1-4,8H;. The quantitative estimate of drug-likeness (QED) is 0.443. The first-order valence-electron chi connectivity index (χ1n) is 2.35. The molecule has 0 spiro atoms. The van der Waals surface area contributed by atoms with Crippen LogP contribution in [0.2, 0.25) is 0 Å². The van der Waals surface area contributed by atoms with Crippen molar-refractivity contribution >= 4 is 14.5 Å². The largest absolute Gasteiger partial charge is 0.276 e. The number of halogens is 1. The summed E-state index contributed by atoms with van der Waals surface area (Å²) >= 11 is 0. The first kappa shape index (κ1) is 8.80. The predicted molar refractivity (Wildman–Crippen MR) is 31.9 cm³/mol. The van der Waals surface area contributed by atoms with Crippen molar-refractivity contribution in [1.82, 2.24) is 0 Å². The van der Waals surface area contributed by atoms with Crippen LogP contribution in [0, 0.1) is 0 Å². The van der Waals surface area contributed by atoms with E-state index >= 15 is 0 Å². The van der Waals surface area contributed by atoms with E-state index in [-0.39, 0.29) is 16.8 Å². The first-order valence-corrected chi connectivity index (χ1v) is 4.26. The Bertz CT molecular complexity index is 154. The Balaban J connectivity index is 0.000000640. The van der Waals surface area contributed by atoms with Crippen LogP contribution in [-0.2, 0) is 16.8 Å². The minimum atomic E-state index is -1.82. The molecule has 0 saturated carbocycles. The Morgan fingerprint density at radius 2 is 1.78 bits per heavy atom. The van der Waals surface area contributed by atoms with Crippen LogP contribution in [0.5, 0.6) is 0 Å². The number of rotatable bonds is 1. The minimum Gasteiger partial charge on any atom is -0.268 e. The van der Waals surface area contributed by atoms with Crippen LogP contribution in [0.4, 0.5) is 9.18 Å². The molecule has 0 N–H and O–H groups in total. The smallest absolute Gasteiger partial charge is 0.268 e. The van der Waals surface area contributed by atoms with E-state index in [1.165, 1.54) is 0 Å². The Morgan fingerprint density at radius 1 is 1.33 bits per heavy atom. The fourth-order valence-corrected chi connectivity index (χ4v) is 1.75.